The number of aromatic amines is 1. The Hall–Kier alpha value is -1.97. The predicted molar refractivity (Wildman–Crippen MR) is 64.4 cm³/mol. The monoisotopic (exact) mass is 232 g/mol. The van der Waals surface area contributed by atoms with Gasteiger partial charge in [0.1, 0.15) is 5.82 Å². The van der Waals surface area contributed by atoms with Crippen LogP contribution in [0.3, 0.4) is 0 Å². The van der Waals surface area contributed by atoms with E-state index in [4.69, 9.17) is 0 Å². The molecule has 0 bridgehead atoms. The summed E-state index contributed by atoms with van der Waals surface area (Å²) in [4.78, 5) is 18.4. The first-order valence-electron chi connectivity index (χ1n) is 5.46. The van der Waals surface area contributed by atoms with E-state index in [1.54, 1.807) is 13.0 Å². The van der Waals surface area contributed by atoms with Gasteiger partial charge in [0.15, 0.2) is 0 Å². The summed E-state index contributed by atoms with van der Waals surface area (Å²) in [6.07, 6.45) is 1.97. The summed E-state index contributed by atoms with van der Waals surface area (Å²) in [6, 6.07) is 4.48. The first-order valence-corrected chi connectivity index (χ1v) is 5.46. The van der Waals surface area contributed by atoms with Crippen LogP contribution in [0.5, 0.6) is 0 Å². The molecule has 0 amide bonds. The van der Waals surface area contributed by atoms with Crippen LogP contribution in [-0.4, -0.2) is 9.97 Å². The minimum absolute atomic E-state index is 0.138. The molecule has 1 aromatic carbocycles. The third-order valence-corrected chi connectivity index (χ3v) is 2.75. The maximum Gasteiger partial charge on any atom is 0.254 e. The zero-order chi connectivity index (χ0) is 12.4. The van der Waals surface area contributed by atoms with Crippen LogP contribution >= 0.6 is 0 Å². The fourth-order valence-electron chi connectivity index (χ4n) is 1.88. The van der Waals surface area contributed by atoms with E-state index in [0.29, 0.717) is 17.7 Å². The summed E-state index contributed by atoms with van der Waals surface area (Å²) in [5.41, 5.74) is 2.70. The molecule has 2 rings (SSSR count). The lowest BCUT2D eigenvalue weighted by Gasteiger charge is -2.08. The van der Waals surface area contributed by atoms with Gasteiger partial charge in [0.05, 0.1) is 12.0 Å². The topological polar surface area (TPSA) is 45.8 Å². The van der Waals surface area contributed by atoms with Crippen molar-refractivity contribution in [3.05, 3.63) is 51.8 Å². The minimum Gasteiger partial charge on any atom is -0.313 e. The van der Waals surface area contributed by atoms with Crippen LogP contribution in [0.2, 0.25) is 0 Å². The molecule has 0 aliphatic carbocycles. The predicted octanol–water partition coefficient (Wildman–Crippen LogP) is 2.45. The minimum atomic E-state index is -0.283. The number of halogens is 1. The lowest BCUT2D eigenvalue weighted by molar-refractivity contribution is 0.627. The Kier molecular flexibility index (Phi) is 3.04. The maximum absolute atomic E-state index is 13.0. The molecule has 1 heterocycles. The summed E-state index contributed by atoms with van der Waals surface area (Å²) in [7, 11) is 0. The van der Waals surface area contributed by atoms with Gasteiger partial charge in [-0.2, -0.15) is 0 Å². The molecule has 88 valence electrons. The Morgan fingerprint density at radius 2 is 2.18 bits per heavy atom. The third-order valence-electron chi connectivity index (χ3n) is 2.75. The van der Waals surface area contributed by atoms with Gasteiger partial charge in [-0.15, -0.1) is 0 Å². The SMILES string of the molecule is CCc1c(-c2ccc(F)cc2C)nc[nH]c1=O. The van der Waals surface area contributed by atoms with E-state index < -0.39 is 0 Å². The van der Waals surface area contributed by atoms with Gasteiger partial charge in [-0.3, -0.25) is 4.79 Å². The standard InChI is InChI=1S/C13H13FN2O/c1-3-10-12(15-7-16-13(10)17)11-5-4-9(14)6-8(11)2/h4-7H,3H2,1-2H3,(H,15,16,17). The second-order valence-corrected chi connectivity index (χ2v) is 3.87. The molecule has 0 radical (unpaired) electrons. The Morgan fingerprint density at radius 3 is 2.82 bits per heavy atom. The molecule has 0 unspecified atom stereocenters. The molecule has 0 saturated carbocycles. The highest BCUT2D eigenvalue weighted by atomic mass is 19.1. The van der Waals surface area contributed by atoms with Gasteiger partial charge in [0.25, 0.3) is 5.56 Å². The molecule has 0 aliphatic heterocycles. The first kappa shape index (κ1) is 11.5. The highest BCUT2D eigenvalue weighted by Gasteiger charge is 2.11. The summed E-state index contributed by atoms with van der Waals surface area (Å²) in [6.45, 7) is 3.70. The summed E-state index contributed by atoms with van der Waals surface area (Å²) >= 11 is 0. The average Bonchev–Trinajstić information content (AvgIpc) is 2.29. The van der Waals surface area contributed by atoms with Crippen LogP contribution in [0.25, 0.3) is 11.3 Å². The molecule has 3 nitrogen and oxygen atoms in total. The summed E-state index contributed by atoms with van der Waals surface area (Å²) in [5.74, 6) is -0.283. The second kappa shape index (κ2) is 4.49. The number of rotatable bonds is 2. The fraction of sp³-hybridized carbons (Fsp3) is 0.231. The molecular weight excluding hydrogens is 219 g/mol. The molecular formula is C13H13FN2O. The van der Waals surface area contributed by atoms with E-state index in [9.17, 15) is 9.18 Å². The Morgan fingerprint density at radius 1 is 1.41 bits per heavy atom. The van der Waals surface area contributed by atoms with Crippen LogP contribution in [0.15, 0.2) is 29.3 Å². The molecule has 0 aliphatic rings. The second-order valence-electron chi connectivity index (χ2n) is 3.87. The maximum atomic E-state index is 13.0. The largest absolute Gasteiger partial charge is 0.313 e. The smallest absolute Gasteiger partial charge is 0.254 e. The highest BCUT2D eigenvalue weighted by Crippen LogP contribution is 2.23. The van der Waals surface area contributed by atoms with Crippen molar-refractivity contribution in [2.45, 2.75) is 20.3 Å². The van der Waals surface area contributed by atoms with Crippen molar-refractivity contribution in [2.24, 2.45) is 0 Å². The summed E-state index contributed by atoms with van der Waals surface area (Å²) < 4.78 is 13.0. The summed E-state index contributed by atoms with van der Waals surface area (Å²) in [5, 5.41) is 0. The van der Waals surface area contributed by atoms with Gasteiger partial charge in [0, 0.05) is 11.1 Å². The number of H-pyrrole nitrogens is 1. The van der Waals surface area contributed by atoms with Gasteiger partial charge in [0.2, 0.25) is 0 Å². The Bertz CT molecular complexity index is 605. The average molecular weight is 232 g/mol. The quantitative estimate of drug-likeness (QED) is 0.864. The Labute approximate surface area is 98.3 Å². The molecule has 4 heteroatoms. The molecule has 0 atom stereocenters. The van der Waals surface area contributed by atoms with Crippen molar-refractivity contribution in [3.63, 3.8) is 0 Å². The van der Waals surface area contributed by atoms with E-state index in [2.05, 4.69) is 9.97 Å². The first-order chi connectivity index (χ1) is 8.13. The van der Waals surface area contributed by atoms with Crippen LogP contribution in [0.4, 0.5) is 4.39 Å². The van der Waals surface area contributed by atoms with Gasteiger partial charge in [-0.25, -0.2) is 9.37 Å². The van der Waals surface area contributed by atoms with Gasteiger partial charge < -0.3 is 4.98 Å². The van der Waals surface area contributed by atoms with Crippen molar-refractivity contribution in [1.29, 1.82) is 0 Å². The van der Waals surface area contributed by atoms with E-state index >= 15 is 0 Å². The van der Waals surface area contributed by atoms with Crippen LogP contribution < -0.4 is 5.56 Å². The lowest BCUT2D eigenvalue weighted by Crippen LogP contribution is -2.14. The number of nitrogens with one attached hydrogen (secondary N) is 1. The molecule has 1 N–H and O–H groups in total. The number of aromatic nitrogens is 2. The van der Waals surface area contributed by atoms with Crippen molar-refractivity contribution in [3.8, 4) is 11.3 Å². The van der Waals surface area contributed by atoms with Crippen LogP contribution in [-0.2, 0) is 6.42 Å². The Balaban J connectivity index is 2.68. The molecule has 1 aromatic heterocycles. The van der Waals surface area contributed by atoms with Crippen LogP contribution in [0.1, 0.15) is 18.1 Å². The van der Waals surface area contributed by atoms with Gasteiger partial charge in [-0.05, 0) is 37.1 Å². The number of hydrogen-bond donors (Lipinski definition) is 1. The number of hydrogen-bond acceptors (Lipinski definition) is 2. The number of aryl methyl sites for hydroxylation is 1. The van der Waals surface area contributed by atoms with Crippen molar-refractivity contribution in [1.82, 2.24) is 9.97 Å². The zero-order valence-electron chi connectivity index (χ0n) is 9.75. The third kappa shape index (κ3) is 2.11. The number of benzene rings is 1. The lowest BCUT2D eigenvalue weighted by atomic mass is 10.0. The van der Waals surface area contributed by atoms with Gasteiger partial charge >= 0.3 is 0 Å². The van der Waals surface area contributed by atoms with E-state index in [1.807, 2.05) is 6.92 Å². The van der Waals surface area contributed by atoms with Crippen molar-refractivity contribution >= 4 is 0 Å². The van der Waals surface area contributed by atoms with E-state index in [1.165, 1.54) is 18.5 Å². The fourth-order valence-corrected chi connectivity index (χ4v) is 1.88. The van der Waals surface area contributed by atoms with Crippen LogP contribution in [0, 0.1) is 12.7 Å². The van der Waals surface area contributed by atoms with Gasteiger partial charge in [-0.1, -0.05) is 6.92 Å². The van der Waals surface area contributed by atoms with Crippen molar-refractivity contribution in [2.75, 3.05) is 0 Å². The van der Waals surface area contributed by atoms with E-state index in [-0.39, 0.29) is 11.4 Å². The molecule has 0 saturated heterocycles. The zero-order valence-corrected chi connectivity index (χ0v) is 9.75. The highest BCUT2D eigenvalue weighted by molar-refractivity contribution is 5.66. The molecule has 2 aromatic rings. The molecule has 0 spiro atoms. The normalized spacial score (nSPS) is 10.5. The van der Waals surface area contributed by atoms with Crippen molar-refractivity contribution < 1.29 is 4.39 Å². The number of nitrogens with zero attached hydrogens (tertiary/aromatic N) is 1. The molecule has 0 fully saturated rings. The van der Waals surface area contributed by atoms with E-state index in [0.717, 1.165) is 11.1 Å². The molecule has 17 heavy (non-hydrogen) atoms.